The zero-order valence-corrected chi connectivity index (χ0v) is 7.83. The second-order valence-electron chi connectivity index (χ2n) is 3.24. The molecule has 1 rings (SSSR count). The van der Waals surface area contributed by atoms with Gasteiger partial charge in [0.05, 0.1) is 0 Å². The fraction of sp³-hybridized carbons (Fsp3) is 0.300. The maximum Gasteiger partial charge on any atom is 0.320 e. The molecule has 76 valence electrons. The van der Waals surface area contributed by atoms with Gasteiger partial charge in [-0.15, -0.1) is 0 Å². The van der Waals surface area contributed by atoms with E-state index in [0.29, 0.717) is 5.56 Å². The number of carbonyl (C=O) groups is 1. The van der Waals surface area contributed by atoms with E-state index in [0.717, 1.165) is 5.56 Å². The molecular formula is C10H12FNO2. The van der Waals surface area contributed by atoms with Crippen molar-refractivity contribution in [1.29, 1.82) is 0 Å². The van der Waals surface area contributed by atoms with Gasteiger partial charge >= 0.3 is 5.97 Å². The number of nitrogens with two attached hydrogens (primary N) is 1. The van der Waals surface area contributed by atoms with Gasteiger partial charge in [0, 0.05) is 6.42 Å². The summed E-state index contributed by atoms with van der Waals surface area (Å²) in [5, 5.41) is 8.56. The topological polar surface area (TPSA) is 63.3 Å². The van der Waals surface area contributed by atoms with E-state index in [1.807, 2.05) is 6.92 Å². The van der Waals surface area contributed by atoms with Crippen molar-refractivity contribution in [3.63, 3.8) is 0 Å². The van der Waals surface area contributed by atoms with Crippen LogP contribution >= 0.6 is 0 Å². The zero-order valence-electron chi connectivity index (χ0n) is 7.83. The highest BCUT2D eigenvalue weighted by Gasteiger charge is 2.14. The number of hydrogen-bond acceptors (Lipinski definition) is 2. The number of halogens is 1. The highest BCUT2D eigenvalue weighted by molar-refractivity contribution is 5.73. The summed E-state index contributed by atoms with van der Waals surface area (Å²) < 4.78 is 13.1. The molecule has 4 heteroatoms. The van der Waals surface area contributed by atoms with Crippen LogP contribution in [0.25, 0.3) is 0 Å². The molecule has 14 heavy (non-hydrogen) atoms. The zero-order chi connectivity index (χ0) is 10.7. The van der Waals surface area contributed by atoms with Gasteiger partial charge in [-0.2, -0.15) is 0 Å². The SMILES string of the molecule is Cc1ccc(F)c(C[C@@H](N)C(=O)O)c1. The van der Waals surface area contributed by atoms with Gasteiger partial charge in [-0.1, -0.05) is 17.7 Å². The minimum Gasteiger partial charge on any atom is -0.480 e. The number of aryl methyl sites for hydroxylation is 1. The van der Waals surface area contributed by atoms with E-state index >= 15 is 0 Å². The Kier molecular flexibility index (Phi) is 3.19. The maximum atomic E-state index is 13.1. The normalized spacial score (nSPS) is 12.5. The summed E-state index contributed by atoms with van der Waals surface area (Å²) in [7, 11) is 0. The van der Waals surface area contributed by atoms with Gasteiger partial charge in [-0.3, -0.25) is 4.79 Å². The van der Waals surface area contributed by atoms with Crippen LogP contribution in [0.15, 0.2) is 18.2 Å². The summed E-state index contributed by atoms with van der Waals surface area (Å²) in [4.78, 5) is 10.5. The fourth-order valence-electron chi connectivity index (χ4n) is 1.18. The predicted molar refractivity (Wildman–Crippen MR) is 50.5 cm³/mol. The third-order valence-corrected chi connectivity index (χ3v) is 1.96. The van der Waals surface area contributed by atoms with Gasteiger partial charge in [0.25, 0.3) is 0 Å². The van der Waals surface area contributed by atoms with Gasteiger partial charge in [-0.25, -0.2) is 4.39 Å². The van der Waals surface area contributed by atoms with Gasteiger partial charge in [-0.05, 0) is 18.6 Å². The Hall–Kier alpha value is -1.42. The third kappa shape index (κ3) is 2.53. The standard InChI is InChI=1S/C10H12FNO2/c1-6-2-3-8(11)7(4-6)5-9(12)10(13)14/h2-4,9H,5,12H2,1H3,(H,13,14)/t9-/m1/s1. The first-order valence-electron chi connectivity index (χ1n) is 4.24. The van der Waals surface area contributed by atoms with E-state index in [9.17, 15) is 9.18 Å². The molecule has 0 spiro atoms. The Labute approximate surface area is 81.4 Å². The minimum atomic E-state index is -1.12. The first-order chi connectivity index (χ1) is 6.50. The first kappa shape index (κ1) is 10.7. The molecule has 1 aromatic carbocycles. The number of carboxylic acids is 1. The molecule has 0 amide bonds. The number of hydrogen-bond donors (Lipinski definition) is 2. The summed E-state index contributed by atoms with van der Waals surface area (Å²) >= 11 is 0. The Balaban J connectivity index is 2.85. The van der Waals surface area contributed by atoms with Gasteiger partial charge in [0.2, 0.25) is 0 Å². The van der Waals surface area contributed by atoms with Crippen LogP contribution in [0.3, 0.4) is 0 Å². The highest BCUT2D eigenvalue weighted by Crippen LogP contribution is 2.11. The fourth-order valence-corrected chi connectivity index (χ4v) is 1.18. The van der Waals surface area contributed by atoms with E-state index in [1.54, 1.807) is 12.1 Å². The second-order valence-corrected chi connectivity index (χ2v) is 3.24. The van der Waals surface area contributed by atoms with Gasteiger partial charge < -0.3 is 10.8 Å². The molecular weight excluding hydrogens is 185 g/mol. The molecule has 1 aromatic rings. The predicted octanol–water partition coefficient (Wildman–Crippen LogP) is 1.09. The molecule has 0 unspecified atom stereocenters. The maximum absolute atomic E-state index is 13.1. The lowest BCUT2D eigenvalue weighted by atomic mass is 10.0. The van der Waals surface area contributed by atoms with Crippen LogP contribution in [0.1, 0.15) is 11.1 Å². The number of aliphatic carboxylic acids is 1. The van der Waals surface area contributed by atoms with Crippen LogP contribution in [-0.4, -0.2) is 17.1 Å². The van der Waals surface area contributed by atoms with Crippen LogP contribution in [0.5, 0.6) is 0 Å². The molecule has 0 radical (unpaired) electrons. The van der Waals surface area contributed by atoms with Crippen LogP contribution in [0.2, 0.25) is 0 Å². The average molecular weight is 197 g/mol. The lowest BCUT2D eigenvalue weighted by molar-refractivity contribution is -0.138. The number of carboxylic acid groups (broad SMARTS) is 1. The van der Waals surface area contributed by atoms with E-state index in [2.05, 4.69) is 0 Å². The molecule has 0 aliphatic rings. The van der Waals surface area contributed by atoms with Crippen LogP contribution in [-0.2, 0) is 11.2 Å². The first-order valence-corrected chi connectivity index (χ1v) is 4.24. The van der Waals surface area contributed by atoms with Crippen molar-refractivity contribution < 1.29 is 14.3 Å². The van der Waals surface area contributed by atoms with Crippen molar-refractivity contribution in [3.8, 4) is 0 Å². The summed E-state index contributed by atoms with van der Waals surface area (Å²) in [6.45, 7) is 1.81. The van der Waals surface area contributed by atoms with Crippen molar-refractivity contribution in [1.82, 2.24) is 0 Å². The van der Waals surface area contributed by atoms with Crippen LogP contribution in [0, 0.1) is 12.7 Å². The van der Waals surface area contributed by atoms with Gasteiger partial charge in [0.1, 0.15) is 11.9 Å². The lowest BCUT2D eigenvalue weighted by Crippen LogP contribution is -2.32. The molecule has 3 nitrogen and oxygen atoms in total. The monoisotopic (exact) mass is 197 g/mol. The van der Waals surface area contributed by atoms with E-state index in [-0.39, 0.29) is 6.42 Å². The van der Waals surface area contributed by atoms with Crippen molar-refractivity contribution in [2.45, 2.75) is 19.4 Å². The molecule has 0 saturated heterocycles. The average Bonchev–Trinajstić information content (AvgIpc) is 2.11. The molecule has 0 aliphatic carbocycles. The Bertz CT molecular complexity index is 352. The lowest BCUT2D eigenvalue weighted by Gasteiger charge is -2.07. The minimum absolute atomic E-state index is 0.0167. The smallest absolute Gasteiger partial charge is 0.320 e. The molecule has 0 bridgehead atoms. The molecule has 0 fully saturated rings. The van der Waals surface area contributed by atoms with Gasteiger partial charge in [0.15, 0.2) is 0 Å². The largest absolute Gasteiger partial charge is 0.480 e. The van der Waals surface area contributed by atoms with Crippen molar-refractivity contribution >= 4 is 5.97 Å². The molecule has 0 aliphatic heterocycles. The van der Waals surface area contributed by atoms with Crippen LogP contribution < -0.4 is 5.73 Å². The number of rotatable bonds is 3. The molecule has 0 heterocycles. The Morgan fingerprint density at radius 2 is 2.29 bits per heavy atom. The van der Waals surface area contributed by atoms with E-state index in [4.69, 9.17) is 10.8 Å². The van der Waals surface area contributed by atoms with E-state index in [1.165, 1.54) is 6.07 Å². The molecule has 1 atom stereocenters. The Morgan fingerprint density at radius 1 is 1.64 bits per heavy atom. The highest BCUT2D eigenvalue weighted by atomic mass is 19.1. The molecule has 3 N–H and O–H groups in total. The number of benzene rings is 1. The summed E-state index contributed by atoms with van der Waals surface area (Å²) in [5.74, 6) is -1.53. The van der Waals surface area contributed by atoms with Crippen LogP contribution in [0.4, 0.5) is 4.39 Å². The Morgan fingerprint density at radius 3 is 2.86 bits per heavy atom. The summed E-state index contributed by atoms with van der Waals surface area (Å²) in [6, 6.07) is 3.51. The molecule has 0 saturated carbocycles. The van der Waals surface area contributed by atoms with Crippen molar-refractivity contribution in [2.75, 3.05) is 0 Å². The summed E-state index contributed by atoms with van der Waals surface area (Å²) in [6.07, 6.45) is 0.0167. The quantitative estimate of drug-likeness (QED) is 0.762. The van der Waals surface area contributed by atoms with Crippen molar-refractivity contribution in [3.05, 3.63) is 35.1 Å². The summed E-state index contributed by atoms with van der Waals surface area (Å²) in [5.41, 5.74) is 6.54. The third-order valence-electron chi connectivity index (χ3n) is 1.96. The second kappa shape index (κ2) is 4.19. The van der Waals surface area contributed by atoms with Crippen molar-refractivity contribution in [2.24, 2.45) is 5.73 Å². The van der Waals surface area contributed by atoms with E-state index < -0.39 is 17.8 Å². The molecule has 0 aromatic heterocycles.